The predicted molar refractivity (Wildman–Crippen MR) is 69.6 cm³/mol. The molecule has 0 aromatic carbocycles. The molecule has 1 atom stereocenters. The van der Waals surface area contributed by atoms with Crippen LogP contribution in [0.1, 0.15) is 30.9 Å². The maximum absolute atomic E-state index is 11.7. The van der Waals surface area contributed by atoms with Crippen molar-refractivity contribution in [2.75, 3.05) is 32.7 Å². The van der Waals surface area contributed by atoms with Crippen LogP contribution in [0.5, 0.6) is 0 Å². The first kappa shape index (κ1) is 11.9. The van der Waals surface area contributed by atoms with E-state index in [1.807, 2.05) is 0 Å². The zero-order valence-electron chi connectivity index (χ0n) is 10.9. The Morgan fingerprint density at radius 3 is 2.78 bits per heavy atom. The van der Waals surface area contributed by atoms with Crippen LogP contribution in [0.15, 0.2) is 10.9 Å². The number of piperazine rings is 3. The molecule has 1 aromatic rings. The Balaban J connectivity index is 1.89. The van der Waals surface area contributed by atoms with E-state index >= 15 is 0 Å². The lowest BCUT2D eigenvalue weighted by atomic mass is 10.1. The van der Waals surface area contributed by atoms with Crippen LogP contribution >= 0.6 is 0 Å². The van der Waals surface area contributed by atoms with Crippen molar-refractivity contribution in [3.63, 3.8) is 0 Å². The predicted octanol–water partition coefficient (Wildman–Crippen LogP) is 0.395. The van der Waals surface area contributed by atoms with Crippen LogP contribution in [0.2, 0.25) is 0 Å². The highest BCUT2D eigenvalue weighted by Crippen LogP contribution is 2.26. The van der Waals surface area contributed by atoms with Crippen molar-refractivity contribution in [3.8, 4) is 0 Å². The Morgan fingerprint density at radius 1 is 1.39 bits per heavy atom. The monoisotopic (exact) mass is 248 g/mol. The normalized spacial score (nSPS) is 30.6. The smallest absolute Gasteiger partial charge is 0.251 e. The van der Waals surface area contributed by atoms with Gasteiger partial charge in [-0.05, 0) is 6.42 Å². The van der Waals surface area contributed by atoms with E-state index in [-0.39, 0.29) is 11.6 Å². The maximum atomic E-state index is 11.7. The minimum Gasteiger partial charge on any atom is -0.309 e. The average Bonchev–Trinajstić information content (AvgIpc) is 2.40. The number of hydrogen-bond acceptors (Lipinski definition) is 4. The zero-order chi connectivity index (χ0) is 12.5. The number of rotatable bonds is 3. The van der Waals surface area contributed by atoms with Crippen molar-refractivity contribution >= 4 is 0 Å². The molecule has 0 aliphatic carbocycles. The summed E-state index contributed by atoms with van der Waals surface area (Å²) in [5, 5.41) is 0. The van der Waals surface area contributed by atoms with Gasteiger partial charge in [0.2, 0.25) is 0 Å². The summed E-state index contributed by atoms with van der Waals surface area (Å²) in [6, 6.07) is 1.90. The zero-order valence-corrected chi connectivity index (χ0v) is 10.9. The summed E-state index contributed by atoms with van der Waals surface area (Å²) in [5.74, 6) is 0.857. The van der Waals surface area contributed by atoms with Gasteiger partial charge in [0.15, 0.2) is 0 Å². The number of fused-ring (bicyclic) bond motifs is 3. The molecule has 4 rings (SSSR count). The molecule has 3 aliphatic rings. The molecule has 0 radical (unpaired) electrons. The Morgan fingerprint density at radius 2 is 2.17 bits per heavy atom. The fraction of sp³-hybridized carbons (Fsp3) is 0.692. The first-order valence-corrected chi connectivity index (χ1v) is 6.83. The summed E-state index contributed by atoms with van der Waals surface area (Å²) in [7, 11) is 0. The third kappa shape index (κ3) is 2.20. The van der Waals surface area contributed by atoms with E-state index < -0.39 is 0 Å². The van der Waals surface area contributed by atoms with Crippen molar-refractivity contribution in [1.29, 1.82) is 0 Å². The van der Waals surface area contributed by atoms with E-state index in [9.17, 15) is 4.79 Å². The molecular formula is C13H20N4O. The minimum absolute atomic E-state index is 0.0129. The summed E-state index contributed by atoms with van der Waals surface area (Å²) in [6.45, 7) is 7.59. The van der Waals surface area contributed by atoms with E-state index in [4.69, 9.17) is 0 Å². The summed E-state index contributed by atoms with van der Waals surface area (Å²) in [6.07, 6.45) is 1.91. The van der Waals surface area contributed by atoms with Gasteiger partial charge in [0, 0.05) is 44.5 Å². The van der Waals surface area contributed by atoms with Crippen molar-refractivity contribution < 1.29 is 0 Å². The van der Waals surface area contributed by atoms with Crippen LogP contribution in [0, 0.1) is 0 Å². The van der Waals surface area contributed by atoms with Crippen LogP contribution in [0.3, 0.4) is 0 Å². The fourth-order valence-corrected chi connectivity index (χ4v) is 2.95. The largest absolute Gasteiger partial charge is 0.309 e. The minimum atomic E-state index is -0.0129. The second-order valence-corrected chi connectivity index (χ2v) is 5.22. The van der Waals surface area contributed by atoms with Gasteiger partial charge in [-0.2, -0.15) is 0 Å². The highest BCUT2D eigenvalue weighted by Gasteiger charge is 2.34. The Kier molecular flexibility index (Phi) is 3.18. The average molecular weight is 248 g/mol. The van der Waals surface area contributed by atoms with Crippen LogP contribution < -0.4 is 5.56 Å². The van der Waals surface area contributed by atoms with Crippen molar-refractivity contribution in [1.82, 2.24) is 19.8 Å². The molecule has 98 valence electrons. The van der Waals surface area contributed by atoms with Gasteiger partial charge in [-0.1, -0.05) is 13.3 Å². The van der Waals surface area contributed by atoms with E-state index in [1.165, 1.54) is 0 Å². The number of hydrogen-bond donors (Lipinski definition) is 1. The molecule has 1 unspecified atom stereocenters. The van der Waals surface area contributed by atoms with Crippen LogP contribution in [-0.4, -0.2) is 52.5 Å². The number of nitrogens with zero attached hydrogens (tertiary/aromatic N) is 3. The van der Waals surface area contributed by atoms with Gasteiger partial charge < -0.3 is 4.98 Å². The SMILES string of the molecule is CCCc1cc(=O)[nH]c(C2CN3CCN2CC3)n1. The van der Waals surface area contributed by atoms with Gasteiger partial charge in [-0.15, -0.1) is 0 Å². The quantitative estimate of drug-likeness (QED) is 0.841. The van der Waals surface area contributed by atoms with Crippen LogP contribution in [0.25, 0.3) is 0 Å². The number of nitrogens with one attached hydrogen (secondary N) is 1. The third-order valence-electron chi connectivity index (χ3n) is 3.91. The van der Waals surface area contributed by atoms with Crippen molar-refractivity contribution in [3.05, 3.63) is 27.9 Å². The number of aromatic nitrogens is 2. The van der Waals surface area contributed by atoms with E-state index in [0.717, 1.165) is 57.1 Å². The third-order valence-corrected chi connectivity index (χ3v) is 3.91. The van der Waals surface area contributed by atoms with Crippen molar-refractivity contribution in [2.24, 2.45) is 0 Å². The van der Waals surface area contributed by atoms with E-state index in [0.29, 0.717) is 0 Å². The molecule has 3 fully saturated rings. The molecule has 18 heavy (non-hydrogen) atoms. The molecule has 3 saturated heterocycles. The molecule has 3 aliphatic heterocycles. The highest BCUT2D eigenvalue weighted by atomic mass is 16.1. The molecule has 1 aromatic heterocycles. The second-order valence-electron chi connectivity index (χ2n) is 5.22. The van der Waals surface area contributed by atoms with Gasteiger partial charge in [0.1, 0.15) is 5.82 Å². The molecule has 0 amide bonds. The summed E-state index contributed by atoms with van der Waals surface area (Å²) in [4.78, 5) is 24.2. The Bertz CT molecular complexity index is 476. The maximum Gasteiger partial charge on any atom is 0.251 e. The molecule has 1 N–H and O–H groups in total. The lowest BCUT2D eigenvalue weighted by molar-refractivity contribution is 0.00846. The molecule has 0 spiro atoms. The summed E-state index contributed by atoms with van der Waals surface area (Å²) >= 11 is 0. The first-order chi connectivity index (χ1) is 8.76. The Labute approximate surface area is 107 Å². The standard InChI is InChI=1S/C13H20N4O/c1-2-3-10-8-12(18)15-13(14-10)11-9-16-4-6-17(11)7-5-16/h8,11H,2-7,9H2,1H3,(H,14,15,18). The molecule has 2 bridgehead atoms. The molecule has 5 nitrogen and oxygen atoms in total. The number of aryl methyl sites for hydroxylation is 1. The number of H-pyrrole nitrogens is 1. The molecule has 5 heteroatoms. The lowest BCUT2D eigenvalue weighted by Gasteiger charge is -2.46. The molecule has 4 heterocycles. The van der Waals surface area contributed by atoms with Gasteiger partial charge in [0.25, 0.3) is 5.56 Å². The second kappa shape index (κ2) is 4.82. The summed E-state index contributed by atoms with van der Waals surface area (Å²) < 4.78 is 0. The van der Waals surface area contributed by atoms with Crippen LogP contribution in [0.4, 0.5) is 0 Å². The van der Waals surface area contributed by atoms with E-state index in [2.05, 4.69) is 26.7 Å². The molecule has 0 saturated carbocycles. The van der Waals surface area contributed by atoms with Gasteiger partial charge in [-0.25, -0.2) is 4.98 Å². The fourth-order valence-electron chi connectivity index (χ4n) is 2.95. The number of aromatic amines is 1. The summed E-state index contributed by atoms with van der Waals surface area (Å²) in [5.41, 5.74) is 0.912. The van der Waals surface area contributed by atoms with Gasteiger partial charge >= 0.3 is 0 Å². The van der Waals surface area contributed by atoms with E-state index in [1.54, 1.807) is 6.07 Å². The lowest BCUT2D eigenvalue weighted by Crippen LogP contribution is -2.57. The highest BCUT2D eigenvalue weighted by molar-refractivity contribution is 5.08. The van der Waals surface area contributed by atoms with Crippen molar-refractivity contribution in [2.45, 2.75) is 25.8 Å². The van der Waals surface area contributed by atoms with Gasteiger partial charge in [-0.3, -0.25) is 14.6 Å². The van der Waals surface area contributed by atoms with Gasteiger partial charge in [0.05, 0.1) is 6.04 Å². The topological polar surface area (TPSA) is 52.2 Å². The molecular weight excluding hydrogens is 228 g/mol. The Hall–Kier alpha value is -1.20. The first-order valence-electron chi connectivity index (χ1n) is 6.83. The van der Waals surface area contributed by atoms with Crippen LogP contribution in [-0.2, 0) is 6.42 Å².